The Labute approximate surface area is 423 Å². The zero-order valence-corrected chi connectivity index (χ0v) is 43.2. The van der Waals surface area contributed by atoms with Gasteiger partial charge in [-0.1, -0.05) is 55.3 Å². The van der Waals surface area contributed by atoms with Crippen molar-refractivity contribution in [3.63, 3.8) is 0 Å². The van der Waals surface area contributed by atoms with Crippen LogP contribution in [0.25, 0.3) is 0 Å². The summed E-state index contributed by atoms with van der Waals surface area (Å²) in [6, 6.07) is 2.34. The van der Waals surface area contributed by atoms with Gasteiger partial charge in [-0.05, 0) is 57.2 Å². The number of carbonyl (C=O) groups is 8. The van der Waals surface area contributed by atoms with E-state index >= 15 is 0 Å². The first-order valence-corrected chi connectivity index (χ1v) is 25.2. The van der Waals surface area contributed by atoms with E-state index in [1.807, 2.05) is 13.0 Å². The lowest BCUT2D eigenvalue weighted by molar-refractivity contribution is -0.162. The number of amides is 6. The number of thioether (sulfide) groups is 1. The van der Waals surface area contributed by atoms with Gasteiger partial charge >= 0.3 is 12.1 Å². The van der Waals surface area contributed by atoms with Gasteiger partial charge in [0, 0.05) is 77.8 Å². The molecule has 0 spiro atoms. The topological polar surface area (TPSA) is 272 Å². The van der Waals surface area contributed by atoms with Gasteiger partial charge < -0.3 is 49.5 Å². The van der Waals surface area contributed by atoms with Crippen LogP contribution in [0.2, 0.25) is 5.02 Å². The SMILES string of the molecule is COc1cc2cc(c1Cl)C(C)C(=O)[C@H](OC(=O)[C@H](C)N(C)C(=O)CSC1CC(=O)N(CCC(=O)NCCOCCCCC(N)=O)C1=O)C[C@]1(C)O[C@H]1[C@H](C)[C@@H]1C[C@@](O)(NC(=O)O1)[C@H](OC)/C=C/C=C(\C)C2. The van der Waals surface area contributed by atoms with Gasteiger partial charge in [0.1, 0.15) is 24.0 Å². The van der Waals surface area contributed by atoms with Crippen LogP contribution >= 0.6 is 23.4 Å². The highest BCUT2D eigenvalue weighted by Gasteiger charge is 2.60. The van der Waals surface area contributed by atoms with Crippen LogP contribution in [-0.4, -0.2) is 163 Å². The summed E-state index contributed by atoms with van der Waals surface area (Å²) in [4.78, 5) is 107. The zero-order chi connectivity index (χ0) is 52.4. The van der Waals surface area contributed by atoms with Gasteiger partial charge in [-0.15, -0.1) is 11.8 Å². The van der Waals surface area contributed by atoms with Crippen molar-refractivity contribution in [3.05, 3.63) is 52.1 Å². The van der Waals surface area contributed by atoms with E-state index in [9.17, 15) is 43.5 Å². The molecular formula is C49H68ClN5O15S. The standard InChI is InChI=1S/C49H68ClN5O15S/c1-27-12-11-13-37(66-8)49(64)25-34(69-47(63)53-49)29(3)44-48(5,70-44)24-35(43(60)28(2)32-21-31(20-27)22-33(65-7)42(32)50)68-46(62)30(4)54(6)41(59)26-71-36-23-40(58)55(45(36)61)17-15-39(57)52-16-19-67-18-10-9-14-38(51)56/h11-13,21-22,28-30,34-37,44,64H,9-10,14-20,23-26H2,1-8H3,(H2,51,56)(H,52,57)(H,53,63)/b13-11+,27-12+/t28?,29-,30+,34+,35-,36?,37-,44+,48+,49+/m1/s1. The number of Topliss-reactive ketones (excluding diaryl/α,β-unsaturated/α-hetero) is 1. The molecule has 3 fully saturated rings. The Morgan fingerprint density at radius 1 is 1.10 bits per heavy atom. The van der Waals surface area contributed by atoms with Gasteiger partial charge in [0.25, 0.3) is 0 Å². The van der Waals surface area contributed by atoms with Crippen molar-refractivity contribution >= 4 is 70.7 Å². The molecule has 20 nitrogen and oxygen atoms in total. The molecule has 10 atom stereocenters. The molecule has 1 aliphatic carbocycles. The number of nitrogens with zero attached hydrogens (tertiary/aromatic N) is 2. The molecule has 3 saturated heterocycles. The number of nitrogens with one attached hydrogen (secondary N) is 2. The molecule has 4 aliphatic rings. The van der Waals surface area contributed by atoms with Crippen LogP contribution in [-0.2, 0) is 63.7 Å². The van der Waals surface area contributed by atoms with E-state index in [1.54, 1.807) is 45.1 Å². The Hall–Kier alpha value is -5.06. The molecule has 1 aromatic rings. The summed E-state index contributed by atoms with van der Waals surface area (Å²) < 4.78 is 34.7. The summed E-state index contributed by atoms with van der Waals surface area (Å²) in [6.45, 7) is 9.25. The van der Waals surface area contributed by atoms with Crippen LogP contribution in [0.1, 0.15) is 96.6 Å². The van der Waals surface area contributed by atoms with Crippen molar-refractivity contribution in [2.75, 3.05) is 53.3 Å². The summed E-state index contributed by atoms with van der Waals surface area (Å²) in [7, 11) is 4.26. The zero-order valence-electron chi connectivity index (χ0n) is 41.6. The largest absolute Gasteiger partial charge is 0.495 e. The number of fused-ring (bicyclic) bond motifs is 5. The molecule has 5 rings (SSSR count). The quantitative estimate of drug-likeness (QED) is 0.0670. The number of likely N-dealkylation sites (N-methyl/N-ethyl adjacent to an activating group) is 1. The van der Waals surface area contributed by atoms with Gasteiger partial charge in [0.15, 0.2) is 17.6 Å². The number of halogens is 1. The number of methoxy groups -OCH3 is 2. The summed E-state index contributed by atoms with van der Waals surface area (Å²) in [5, 5.41) is 16.3. The maximum absolute atomic E-state index is 14.8. The molecule has 3 heterocycles. The van der Waals surface area contributed by atoms with Gasteiger partial charge in [-0.25, -0.2) is 9.59 Å². The summed E-state index contributed by atoms with van der Waals surface area (Å²) >= 11 is 7.81. The molecule has 3 aliphatic heterocycles. The number of nitrogens with two attached hydrogens (primary N) is 1. The number of benzene rings is 1. The molecule has 71 heavy (non-hydrogen) atoms. The third kappa shape index (κ3) is 14.8. The predicted molar refractivity (Wildman–Crippen MR) is 260 cm³/mol. The van der Waals surface area contributed by atoms with Crippen LogP contribution < -0.4 is 21.1 Å². The van der Waals surface area contributed by atoms with E-state index in [2.05, 4.69) is 10.6 Å². The number of esters is 1. The number of rotatable bonds is 19. The minimum absolute atomic E-state index is 0.0698. The van der Waals surface area contributed by atoms with Crippen molar-refractivity contribution in [2.45, 2.75) is 139 Å². The molecular weight excluding hydrogens is 966 g/mol. The van der Waals surface area contributed by atoms with Crippen molar-refractivity contribution in [2.24, 2.45) is 11.7 Å². The monoisotopic (exact) mass is 1030 g/mol. The number of primary amides is 1. The third-order valence-electron chi connectivity index (χ3n) is 13.4. The first kappa shape index (κ1) is 56.8. The maximum atomic E-state index is 14.8. The highest BCUT2D eigenvalue weighted by Crippen LogP contribution is 2.49. The third-order valence-corrected chi connectivity index (χ3v) is 15.0. The second kappa shape index (κ2) is 25.1. The number of alkyl carbamates (subject to hydrolysis) is 1. The van der Waals surface area contributed by atoms with Crippen LogP contribution in [0, 0.1) is 5.92 Å². The first-order valence-electron chi connectivity index (χ1n) is 23.7. The lowest BCUT2D eigenvalue weighted by Gasteiger charge is -2.42. The van der Waals surface area contributed by atoms with E-state index in [-0.39, 0.29) is 74.4 Å². The molecule has 1 aromatic carbocycles. The van der Waals surface area contributed by atoms with Crippen molar-refractivity contribution in [1.82, 2.24) is 20.4 Å². The van der Waals surface area contributed by atoms with Crippen LogP contribution in [0.3, 0.4) is 0 Å². The average Bonchev–Trinajstić information content (AvgIpc) is 3.91. The maximum Gasteiger partial charge on any atom is 0.409 e. The van der Waals surface area contributed by atoms with E-state index in [4.69, 9.17) is 45.8 Å². The number of likely N-dealkylation sites (tertiary alicyclic amines) is 1. The Morgan fingerprint density at radius 2 is 1.83 bits per heavy atom. The number of allylic oxidation sites excluding steroid dienone is 3. The Morgan fingerprint density at radius 3 is 2.52 bits per heavy atom. The van der Waals surface area contributed by atoms with E-state index in [0.29, 0.717) is 37.2 Å². The van der Waals surface area contributed by atoms with E-state index < -0.39 is 94.4 Å². The van der Waals surface area contributed by atoms with Gasteiger partial charge in [0.2, 0.25) is 29.5 Å². The molecule has 0 aromatic heterocycles. The van der Waals surface area contributed by atoms with Gasteiger partial charge in [0.05, 0.1) is 41.4 Å². The average molecular weight is 1030 g/mol. The van der Waals surface area contributed by atoms with Gasteiger partial charge in [-0.2, -0.15) is 0 Å². The number of carbonyl (C=O) groups excluding carboxylic acids is 8. The lowest BCUT2D eigenvalue weighted by atomic mass is 9.82. The normalized spacial score (nSPS) is 29.4. The number of aliphatic hydroxyl groups is 1. The fraction of sp³-hybridized carbons (Fsp3) is 0.633. The Balaban J connectivity index is 1.26. The molecule has 6 amide bonds. The predicted octanol–water partition coefficient (Wildman–Crippen LogP) is 3.26. The first-order chi connectivity index (χ1) is 33.5. The minimum atomic E-state index is -1.85. The van der Waals surface area contributed by atoms with Gasteiger partial charge in [-0.3, -0.25) is 39.0 Å². The molecule has 4 bridgehead atoms. The lowest BCUT2D eigenvalue weighted by Crippen LogP contribution is -2.63. The second-order valence-electron chi connectivity index (χ2n) is 18.8. The molecule has 5 N–H and O–H groups in total. The molecule has 22 heteroatoms. The van der Waals surface area contributed by atoms with Crippen molar-refractivity contribution in [3.8, 4) is 5.75 Å². The number of unbranched alkanes of at least 4 members (excludes halogenated alkanes) is 1. The summed E-state index contributed by atoms with van der Waals surface area (Å²) in [6.07, 6.45) is 1.89. The van der Waals surface area contributed by atoms with Crippen molar-refractivity contribution in [1.29, 1.82) is 0 Å². The number of epoxide rings is 1. The van der Waals surface area contributed by atoms with Crippen LogP contribution in [0.4, 0.5) is 4.79 Å². The highest BCUT2D eigenvalue weighted by atomic mass is 35.5. The highest BCUT2D eigenvalue weighted by molar-refractivity contribution is 8.01. The second-order valence-corrected chi connectivity index (χ2v) is 20.4. The number of imide groups is 1. The minimum Gasteiger partial charge on any atom is -0.495 e. The van der Waals surface area contributed by atoms with E-state index in [0.717, 1.165) is 32.7 Å². The molecule has 2 unspecified atom stereocenters. The smallest absolute Gasteiger partial charge is 0.409 e. The van der Waals surface area contributed by atoms with Crippen LogP contribution in [0.5, 0.6) is 5.75 Å². The fourth-order valence-corrected chi connectivity index (χ4v) is 10.4. The number of hydrogen-bond acceptors (Lipinski definition) is 16. The molecule has 392 valence electrons. The number of ether oxygens (including phenoxy) is 6. The van der Waals surface area contributed by atoms with E-state index in [1.165, 1.54) is 28.2 Å². The summed E-state index contributed by atoms with van der Waals surface area (Å²) in [5.74, 6) is -5.15. The molecule has 0 radical (unpaired) electrons. The van der Waals surface area contributed by atoms with Crippen LogP contribution in [0.15, 0.2) is 35.9 Å². The fourth-order valence-electron chi connectivity index (χ4n) is 8.96. The Kier molecular flexibility index (Phi) is 20.1. The molecule has 0 saturated carbocycles. The van der Waals surface area contributed by atoms with Crippen molar-refractivity contribution < 1.29 is 71.9 Å². The summed E-state index contributed by atoms with van der Waals surface area (Å²) in [5.41, 5.74) is 4.26. The Bertz CT molecular complexity index is 2250. The number of hydrogen-bond donors (Lipinski definition) is 4. The number of ketones is 1.